The number of rotatable bonds is 4. The Kier molecular flexibility index (Phi) is 3.63. The minimum Gasteiger partial charge on any atom is -0.463 e. The highest BCUT2D eigenvalue weighted by Crippen LogP contribution is 2.14. The summed E-state index contributed by atoms with van der Waals surface area (Å²) in [7, 11) is 0. The number of aromatic nitrogens is 3. The molecule has 90 valence electrons. The summed E-state index contributed by atoms with van der Waals surface area (Å²) in [6.07, 6.45) is 0. The molecule has 2 N–H and O–H groups in total. The van der Waals surface area contributed by atoms with Crippen molar-refractivity contribution in [2.24, 2.45) is 0 Å². The molecule has 0 bridgehead atoms. The van der Waals surface area contributed by atoms with E-state index < -0.39 is 0 Å². The zero-order valence-electron chi connectivity index (χ0n) is 9.43. The van der Waals surface area contributed by atoms with Crippen molar-refractivity contribution in [1.29, 1.82) is 0 Å². The molecule has 0 amide bonds. The fourth-order valence-corrected chi connectivity index (χ4v) is 1.67. The van der Waals surface area contributed by atoms with E-state index in [-0.39, 0.29) is 0 Å². The van der Waals surface area contributed by atoms with Crippen molar-refractivity contribution in [2.45, 2.75) is 13.5 Å². The van der Waals surface area contributed by atoms with Crippen molar-refractivity contribution in [2.75, 3.05) is 12.3 Å². The van der Waals surface area contributed by atoms with Gasteiger partial charge in [-0.2, -0.15) is 4.98 Å². The van der Waals surface area contributed by atoms with Crippen LogP contribution in [-0.4, -0.2) is 21.4 Å². The van der Waals surface area contributed by atoms with Crippen LogP contribution in [0.1, 0.15) is 12.5 Å². The highest BCUT2D eigenvalue weighted by Gasteiger charge is 2.07. The van der Waals surface area contributed by atoms with Crippen LogP contribution in [0.25, 0.3) is 0 Å². The van der Waals surface area contributed by atoms with E-state index in [1.807, 2.05) is 31.2 Å². The lowest BCUT2D eigenvalue weighted by Crippen LogP contribution is -2.06. The van der Waals surface area contributed by atoms with Crippen LogP contribution in [0.15, 0.2) is 28.7 Å². The number of nitrogen functional groups attached to an aromatic ring is 1. The van der Waals surface area contributed by atoms with Crippen LogP contribution < -0.4 is 10.5 Å². The van der Waals surface area contributed by atoms with Crippen LogP contribution in [0.5, 0.6) is 6.01 Å². The standard InChI is InChI=1S/C11H13BrN4O/c1-2-17-11-14-10(13)16(15-11)7-8-3-5-9(12)6-4-8/h3-6H,2,7H2,1H3,(H2,13,14,15). The summed E-state index contributed by atoms with van der Waals surface area (Å²) in [5.74, 6) is 0.358. The van der Waals surface area contributed by atoms with Gasteiger partial charge in [0.25, 0.3) is 0 Å². The molecular weight excluding hydrogens is 284 g/mol. The lowest BCUT2D eigenvalue weighted by atomic mass is 10.2. The number of benzene rings is 1. The molecule has 1 aromatic heterocycles. The van der Waals surface area contributed by atoms with Gasteiger partial charge in [0.1, 0.15) is 0 Å². The molecule has 6 heteroatoms. The molecule has 0 fully saturated rings. The maximum atomic E-state index is 5.75. The predicted octanol–water partition coefficient (Wildman–Crippen LogP) is 2.07. The first kappa shape index (κ1) is 11.9. The second-order valence-electron chi connectivity index (χ2n) is 3.47. The second kappa shape index (κ2) is 5.18. The summed E-state index contributed by atoms with van der Waals surface area (Å²) >= 11 is 3.39. The zero-order chi connectivity index (χ0) is 12.3. The molecule has 0 saturated heterocycles. The molecule has 0 saturated carbocycles. The summed E-state index contributed by atoms with van der Waals surface area (Å²) in [4.78, 5) is 4.01. The molecule has 17 heavy (non-hydrogen) atoms. The molecule has 0 spiro atoms. The highest BCUT2D eigenvalue weighted by atomic mass is 79.9. The summed E-state index contributed by atoms with van der Waals surface area (Å²) in [5, 5.41) is 4.16. The van der Waals surface area contributed by atoms with Crippen LogP contribution in [0, 0.1) is 0 Å². The van der Waals surface area contributed by atoms with E-state index in [0.29, 0.717) is 25.1 Å². The van der Waals surface area contributed by atoms with E-state index in [1.54, 1.807) is 4.68 Å². The zero-order valence-corrected chi connectivity index (χ0v) is 11.0. The van der Waals surface area contributed by atoms with E-state index in [9.17, 15) is 0 Å². The lowest BCUT2D eigenvalue weighted by Gasteiger charge is -2.02. The fraction of sp³-hybridized carbons (Fsp3) is 0.273. The number of hydrogen-bond acceptors (Lipinski definition) is 4. The minimum absolute atomic E-state index is 0.321. The van der Waals surface area contributed by atoms with Gasteiger partial charge in [-0.3, -0.25) is 0 Å². The van der Waals surface area contributed by atoms with Gasteiger partial charge in [-0.1, -0.05) is 28.1 Å². The Morgan fingerprint density at radius 1 is 1.35 bits per heavy atom. The lowest BCUT2D eigenvalue weighted by molar-refractivity contribution is 0.311. The van der Waals surface area contributed by atoms with E-state index >= 15 is 0 Å². The van der Waals surface area contributed by atoms with Crippen molar-refractivity contribution in [3.63, 3.8) is 0 Å². The molecule has 1 heterocycles. The molecule has 2 rings (SSSR count). The molecule has 0 atom stereocenters. The Morgan fingerprint density at radius 3 is 2.71 bits per heavy atom. The second-order valence-corrected chi connectivity index (χ2v) is 4.39. The molecule has 1 aromatic carbocycles. The number of nitrogens with zero attached hydrogens (tertiary/aromatic N) is 3. The number of anilines is 1. The average molecular weight is 297 g/mol. The normalized spacial score (nSPS) is 10.5. The molecule has 0 aliphatic rings. The third-order valence-electron chi connectivity index (χ3n) is 2.20. The van der Waals surface area contributed by atoms with E-state index in [4.69, 9.17) is 10.5 Å². The van der Waals surface area contributed by atoms with Gasteiger partial charge in [0.15, 0.2) is 0 Å². The van der Waals surface area contributed by atoms with Crippen molar-refractivity contribution in [3.05, 3.63) is 34.3 Å². The molecule has 5 nitrogen and oxygen atoms in total. The van der Waals surface area contributed by atoms with Gasteiger partial charge in [-0.25, -0.2) is 4.68 Å². The van der Waals surface area contributed by atoms with Crippen LogP contribution >= 0.6 is 15.9 Å². The first-order chi connectivity index (χ1) is 8.19. The van der Waals surface area contributed by atoms with E-state index in [1.165, 1.54) is 0 Å². The minimum atomic E-state index is 0.321. The van der Waals surface area contributed by atoms with Crippen LogP contribution in [0.3, 0.4) is 0 Å². The van der Waals surface area contributed by atoms with Gasteiger partial charge in [0, 0.05) is 4.47 Å². The maximum absolute atomic E-state index is 5.75. The smallest absolute Gasteiger partial charge is 0.337 e. The average Bonchev–Trinajstić information content (AvgIpc) is 2.63. The number of halogens is 1. The van der Waals surface area contributed by atoms with Gasteiger partial charge < -0.3 is 10.5 Å². The highest BCUT2D eigenvalue weighted by molar-refractivity contribution is 9.10. The predicted molar refractivity (Wildman–Crippen MR) is 68.8 cm³/mol. The van der Waals surface area contributed by atoms with Crippen LogP contribution in [0.4, 0.5) is 5.95 Å². The Bertz CT molecular complexity index is 495. The van der Waals surface area contributed by atoms with Gasteiger partial charge >= 0.3 is 6.01 Å². The van der Waals surface area contributed by atoms with Crippen molar-refractivity contribution in [1.82, 2.24) is 14.8 Å². The third kappa shape index (κ3) is 2.97. The fourth-order valence-electron chi connectivity index (χ4n) is 1.40. The summed E-state index contributed by atoms with van der Waals surface area (Å²) in [6, 6.07) is 8.29. The molecule has 2 aromatic rings. The van der Waals surface area contributed by atoms with Gasteiger partial charge in [-0.05, 0) is 24.6 Å². The Labute approximate surface area is 108 Å². The Balaban J connectivity index is 2.15. The number of nitrogens with two attached hydrogens (primary N) is 1. The molecule has 0 radical (unpaired) electrons. The molecular formula is C11H13BrN4O. The summed E-state index contributed by atoms with van der Waals surface area (Å²) < 4.78 is 7.86. The summed E-state index contributed by atoms with van der Waals surface area (Å²) in [5.41, 5.74) is 6.85. The summed E-state index contributed by atoms with van der Waals surface area (Å²) in [6.45, 7) is 2.99. The van der Waals surface area contributed by atoms with Gasteiger partial charge in [-0.15, -0.1) is 5.10 Å². The molecule has 0 aliphatic carbocycles. The first-order valence-corrected chi connectivity index (χ1v) is 6.06. The molecule has 0 unspecified atom stereocenters. The van der Waals surface area contributed by atoms with Gasteiger partial charge in [0.2, 0.25) is 5.95 Å². The monoisotopic (exact) mass is 296 g/mol. The maximum Gasteiger partial charge on any atom is 0.337 e. The van der Waals surface area contributed by atoms with Crippen molar-refractivity contribution in [3.8, 4) is 6.01 Å². The first-order valence-electron chi connectivity index (χ1n) is 5.26. The molecule has 0 aliphatic heterocycles. The van der Waals surface area contributed by atoms with Crippen molar-refractivity contribution < 1.29 is 4.74 Å². The van der Waals surface area contributed by atoms with Crippen molar-refractivity contribution >= 4 is 21.9 Å². The SMILES string of the molecule is CCOc1nc(N)n(Cc2ccc(Br)cc2)n1. The van der Waals surface area contributed by atoms with E-state index in [0.717, 1.165) is 10.0 Å². The topological polar surface area (TPSA) is 66.0 Å². The largest absolute Gasteiger partial charge is 0.463 e. The number of hydrogen-bond donors (Lipinski definition) is 1. The van der Waals surface area contributed by atoms with Crippen LogP contribution in [0.2, 0.25) is 0 Å². The Morgan fingerprint density at radius 2 is 2.06 bits per heavy atom. The third-order valence-corrected chi connectivity index (χ3v) is 2.73. The van der Waals surface area contributed by atoms with Crippen LogP contribution in [-0.2, 0) is 6.54 Å². The Hall–Kier alpha value is -1.56. The number of ether oxygens (including phenoxy) is 1. The van der Waals surface area contributed by atoms with Gasteiger partial charge in [0.05, 0.1) is 13.2 Å². The quantitative estimate of drug-likeness (QED) is 0.938. The van der Waals surface area contributed by atoms with E-state index in [2.05, 4.69) is 26.0 Å².